The Kier molecular flexibility index (Phi) is 7.12. The summed E-state index contributed by atoms with van der Waals surface area (Å²) in [5.74, 6) is 1.34. The Bertz CT molecular complexity index is 165. The summed E-state index contributed by atoms with van der Waals surface area (Å²) in [5.41, 5.74) is 0. The molecule has 76 valence electrons. The second-order valence-electron chi connectivity index (χ2n) is 3.60. The largest absolute Gasteiger partial charge is 0.302 e. The second-order valence-corrected chi connectivity index (χ2v) is 4.59. The monoisotopic (exact) mass is 200 g/mol. The van der Waals surface area contributed by atoms with E-state index in [9.17, 15) is 0 Å². The van der Waals surface area contributed by atoms with Gasteiger partial charge in [0.15, 0.2) is 0 Å². The quantitative estimate of drug-likeness (QED) is 0.658. The number of nitrogens with zero attached hydrogens (tertiary/aromatic N) is 2. The Morgan fingerprint density at radius 3 is 2.54 bits per heavy atom. The lowest BCUT2D eigenvalue weighted by atomic mass is 10.1. The normalized spacial score (nSPS) is 15.4. The predicted molar refractivity (Wildman–Crippen MR) is 59.9 cm³/mol. The van der Waals surface area contributed by atoms with E-state index in [2.05, 4.69) is 31.2 Å². The van der Waals surface area contributed by atoms with Gasteiger partial charge in [-0.3, -0.25) is 0 Å². The first-order valence-electron chi connectivity index (χ1n) is 4.70. The summed E-state index contributed by atoms with van der Waals surface area (Å²) in [4.78, 5) is 2.27. The smallest absolute Gasteiger partial charge is 0.0666 e. The molecule has 0 radical (unpaired) electrons. The lowest BCUT2D eigenvalue weighted by Crippen LogP contribution is -2.33. The molecule has 0 rings (SSSR count). The molecule has 0 aromatic heterocycles. The highest BCUT2D eigenvalue weighted by atomic mass is 32.2. The second kappa shape index (κ2) is 7.23. The molecule has 0 aliphatic carbocycles. The molecule has 0 amide bonds. The molecule has 0 bridgehead atoms. The van der Waals surface area contributed by atoms with Gasteiger partial charge in [0, 0.05) is 12.6 Å². The van der Waals surface area contributed by atoms with Crippen molar-refractivity contribution in [2.45, 2.75) is 26.3 Å². The number of thioether (sulfide) groups is 1. The van der Waals surface area contributed by atoms with Gasteiger partial charge in [0.25, 0.3) is 0 Å². The number of nitriles is 1. The van der Waals surface area contributed by atoms with Crippen LogP contribution in [0.5, 0.6) is 0 Å². The first kappa shape index (κ1) is 12.8. The Hall–Kier alpha value is -0.200. The third-order valence-corrected chi connectivity index (χ3v) is 2.92. The zero-order valence-corrected chi connectivity index (χ0v) is 9.90. The van der Waals surface area contributed by atoms with Crippen molar-refractivity contribution in [2.75, 3.05) is 25.6 Å². The van der Waals surface area contributed by atoms with E-state index in [4.69, 9.17) is 5.26 Å². The van der Waals surface area contributed by atoms with Gasteiger partial charge in [-0.05, 0) is 39.3 Å². The van der Waals surface area contributed by atoms with Crippen molar-refractivity contribution < 1.29 is 0 Å². The fourth-order valence-corrected chi connectivity index (χ4v) is 1.74. The predicted octanol–water partition coefficient (Wildman–Crippen LogP) is 2.22. The molecule has 0 aromatic carbocycles. The van der Waals surface area contributed by atoms with E-state index in [-0.39, 0.29) is 5.92 Å². The minimum absolute atomic E-state index is 0.140. The SMILES string of the molecule is CSCCC(C)N(C)CC(C)C#N. The molecule has 0 aromatic rings. The van der Waals surface area contributed by atoms with Crippen molar-refractivity contribution in [3.63, 3.8) is 0 Å². The van der Waals surface area contributed by atoms with Gasteiger partial charge in [0.2, 0.25) is 0 Å². The fraction of sp³-hybridized carbons (Fsp3) is 0.900. The van der Waals surface area contributed by atoms with Crippen LogP contribution in [0.1, 0.15) is 20.3 Å². The summed E-state index contributed by atoms with van der Waals surface area (Å²) in [6.07, 6.45) is 3.33. The zero-order valence-electron chi connectivity index (χ0n) is 9.08. The molecule has 2 unspecified atom stereocenters. The molecule has 0 aliphatic rings. The lowest BCUT2D eigenvalue weighted by Gasteiger charge is -2.25. The highest BCUT2D eigenvalue weighted by Gasteiger charge is 2.11. The van der Waals surface area contributed by atoms with E-state index in [1.165, 1.54) is 12.2 Å². The van der Waals surface area contributed by atoms with Crippen LogP contribution in [0.25, 0.3) is 0 Å². The zero-order chi connectivity index (χ0) is 10.3. The van der Waals surface area contributed by atoms with E-state index in [0.717, 1.165) is 6.54 Å². The number of rotatable bonds is 6. The van der Waals surface area contributed by atoms with Crippen LogP contribution in [0.3, 0.4) is 0 Å². The third-order valence-electron chi connectivity index (χ3n) is 2.27. The van der Waals surface area contributed by atoms with Crippen LogP contribution in [-0.2, 0) is 0 Å². The van der Waals surface area contributed by atoms with Crippen LogP contribution >= 0.6 is 11.8 Å². The van der Waals surface area contributed by atoms with Crippen molar-refractivity contribution in [1.29, 1.82) is 5.26 Å². The average Bonchev–Trinajstić information content (AvgIpc) is 2.13. The van der Waals surface area contributed by atoms with Gasteiger partial charge in [-0.15, -0.1) is 0 Å². The van der Waals surface area contributed by atoms with Gasteiger partial charge in [-0.2, -0.15) is 17.0 Å². The molecule has 13 heavy (non-hydrogen) atoms. The maximum Gasteiger partial charge on any atom is 0.0666 e. The van der Waals surface area contributed by atoms with Crippen LogP contribution in [0, 0.1) is 17.2 Å². The molecule has 0 spiro atoms. The Labute approximate surface area is 86.3 Å². The molecule has 0 fully saturated rings. The molecular weight excluding hydrogens is 180 g/mol. The standard InChI is InChI=1S/C10H20N2S/c1-9(7-11)8-12(3)10(2)5-6-13-4/h9-10H,5-6,8H2,1-4H3. The number of hydrogen-bond acceptors (Lipinski definition) is 3. The van der Waals surface area contributed by atoms with Gasteiger partial charge in [0.05, 0.1) is 12.0 Å². The van der Waals surface area contributed by atoms with Gasteiger partial charge in [-0.1, -0.05) is 0 Å². The Balaban J connectivity index is 3.69. The molecule has 2 nitrogen and oxygen atoms in total. The van der Waals surface area contributed by atoms with Gasteiger partial charge < -0.3 is 4.90 Å². The summed E-state index contributed by atoms with van der Waals surface area (Å²) in [6, 6.07) is 2.85. The van der Waals surface area contributed by atoms with E-state index in [0.29, 0.717) is 6.04 Å². The van der Waals surface area contributed by atoms with Crippen molar-refractivity contribution in [2.24, 2.45) is 5.92 Å². The maximum absolute atomic E-state index is 8.66. The van der Waals surface area contributed by atoms with Crippen LogP contribution in [0.2, 0.25) is 0 Å². The summed E-state index contributed by atoms with van der Waals surface area (Å²) < 4.78 is 0. The Morgan fingerprint density at radius 1 is 1.46 bits per heavy atom. The maximum atomic E-state index is 8.66. The first-order chi connectivity index (χ1) is 6.11. The van der Waals surface area contributed by atoms with Crippen molar-refractivity contribution in [1.82, 2.24) is 4.90 Å². The van der Waals surface area contributed by atoms with E-state index < -0.39 is 0 Å². The van der Waals surface area contributed by atoms with Crippen molar-refractivity contribution in [3.05, 3.63) is 0 Å². The van der Waals surface area contributed by atoms with Crippen LogP contribution < -0.4 is 0 Å². The summed E-state index contributed by atoms with van der Waals surface area (Å²) in [5, 5.41) is 8.66. The highest BCUT2D eigenvalue weighted by molar-refractivity contribution is 7.98. The van der Waals surface area contributed by atoms with Crippen molar-refractivity contribution in [3.8, 4) is 6.07 Å². The summed E-state index contributed by atoms with van der Waals surface area (Å²) >= 11 is 1.88. The summed E-state index contributed by atoms with van der Waals surface area (Å²) in [6.45, 7) is 5.07. The van der Waals surface area contributed by atoms with E-state index >= 15 is 0 Å². The third kappa shape index (κ3) is 5.95. The lowest BCUT2D eigenvalue weighted by molar-refractivity contribution is 0.237. The molecule has 0 saturated carbocycles. The minimum Gasteiger partial charge on any atom is -0.302 e. The molecule has 0 aliphatic heterocycles. The van der Waals surface area contributed by atoms with E-state index in [1.54, 1.807) is 0 Å². The highest BCUT2D eigenvalue weighted by Crippen LogP contribution is 2.07. The van der Waals surface area contributed by atoms with Gasteiger partial charge >= 0.3 is 0 Å². The van der Waals surface area contributed by atoms with Gasteiger partial charge in [0.1, 0.15) is 0 Å². The summed E-state index contributed by atoms with van der Waals surface area (Å²) in [7, 11) is 2.10. The number of hydrogen-bond donors (Lipinski definition) is 0. The molecule has 0 N–H and O–H groups in total. The van der Waals surface area contributed by atoms with Crippen LogP contribution in [-0.4, -0.2) is 36.5 Å². The first-order valence-corrected chi connectivity index (χ1v) is 6.10. The minimum atomic E-state index is 0.140. The van der Waals surface area contributed by atoms with Gasteiger partial charge in [-0.25, -0.2) is 0 Å². The topological polar surface area (TPSA) is 27.0 Å². The molecular formula is C10H20N2S. The molecule has 2 atom stereocenters. The van der Waals surface area contributed by atoms with Crippen LogP contribution in [0.15, 0.2) is 0 Å². The van der Waals surface area contributed by atoms with Crippen molar-refractivity contribution >= 4 is 11.8 Å². The average molecular weight is 200 g/mol. The van der Waals surface area contributed by atoms with Crippen LogP contribution in [0.4, 0.5) is 0 Å². The van der Waals surface area contributed by atoms with E-state index in [1.807, 2.05) is 18.7 Å². The Morgan fingerprint density at radius 2 is 2.08 bits per heavy atom. The molecule has 3 heteroatoms. The molecule has 0 saturated heterocycles. The fourth-order valence-electron chi connectivity index (χ4n) is 1.16. The molecule has 0 heterocycles.